The van der Waals surface area contributed by atoms with Crippen LogP contribution in [0.1, 0.15) is 13.8 Å². The molecule has 2 rings (SSSR count). The molecule has 0 saturated carbocycles. The Morgan fingerprint density at radius 3 is 2.83 bits per heavy atom. The molecule has 1 N–H and O–H groups in total. The summed E-state index contributed by atoms with van der Waals surface area (Å²) in [5.74, 6) is 0. The fourth-order valence-corrected chi connectivity index (χ4v) is 1.56. The topological polar surface area (TPSA) is 27.6 Å². The van der Waals surface area contributed by atoms with Crippen molar-refractivity contribution in [1.82, 2.24) is 10.5 Å². The molecule has 1 unspecified atom stereocenters. The van der Waals surface area contributed by atoms with Crippen molar-refractivity contribution < 1.29 is 0 Å². The first-order valence-electron chi connectivity index (χ1n) is 4.12. The fraction of sp³-hybridized carbons (Fsp3) is 0.444. The Kier molecular flexibility index (Phi) is 1.54. The summed E-state index contributed by atoms with van der Waals surface area (Å²) in [5, 5.41) is 6.15. The molecule has 1 aliphatic heterocycles. The number of hydrazone groups is 1. The highest BCUT2D eigenvalue weighted by Gasteiger charge is 2.27. The number of hydrazine groups is 1. The number of hydrogen-bond acceptors (Lipinski definition) is 3. The first-order chi connectivity index (χ1) is 5.68. The molecule has 12 heavy (non-hydrogen) atoms. The minimum atomic E-state index is 0.306. The van der Waals surface area contributed by atoms with Crippen LogP contribution in [0.25, 0.3) is 0 Å². The van der Waals surface area contributed by atoms with Gasteiger partial charge in [-0.25, -0.2) is 10.5 Å². The van der Waals surface area contributed by atoms with Crippen molar-refractivity contribution >= 4 is 5.71 Å². The first-order valence-corrected chi connectivity index (χ1v) is 4.12. The maximum absolute atomic E-state index is 4.37. The molecule has 0 fully saturated rings. The van der Waals surface area contributed by atoms with E-state index in [1.807, 2.05) is 7.05 Å². The summed E-state index contributed by atoms with van der Waals surface area (Å²) in [7, 11) is 1.92. The molecule has 64 valence electrons. The summed E-state index contributed by atoms with van der Waals surface area (Å²) >= 11 is 0. The van der Waals surface area contributed by atoms with Crippen LogP contribution >= 0.6 is 0 Å². The number of allylic oxidation sites excluding steroid dienone is 2. The van der Waals surface area contributed by atoms with E-state index in [2.05, 4.69) is 36.5 Å². The van der Waals surface area contributed by atoms with Crippen LogP contribution in [-0.2, 0) is 0 Å². The smallest absolute Gasteiger partial charge is 0.0930 e. The van der Waals surface area contributed by atoms with Crippen LogP contribution in [0.3, 0.4) is 0 Å². The molecular formula is C9H13N3. The molecule has 0 amide bonds. The van der Waals surface area contributed by atoms with Crippen molar-refractivity contribution in [1.29, 1.82) is 0 Å². The van der Waals surface area contributed by atoms with Gasteiger partial charge in [-0.1, -0.05) is 12.2 Å². The molecular weight excluding hydrogens is 150 g/mol. The molecule has 0 radical (unpaired) electrons. The number of nitrogens with zero attached hydrogens (tertiary/aromatic N) is 2. The average Bonchev–Trinajstić information content (AvgIpc) is 2.41. The van der Waals surface area contributed by atoms with Gasteiger partial charge in [0.25, 0.3) is 0 Å². The largest absolute Gasteiger partial charge is 0.232 e. The average molecular weight is 163 g/mol. The maximum Gasteiger partial charge on any atom is 0.0930 e. The van der Waals surface area contributed by atoms with Gasteiger partial charge in [0.15, 0.2) is 0 Å². The number of nitrogens with one attached hydrogen (secondary N) is 1. The molecule has 1 atom stereocenters. The molecule has 2 aliphatic rings. The van der Waals surface area contributed by atoms with Gasteiger partial charge in [-0.3, -0.25) is 0 Å². The monoisotopic (exact) mass is 163 g/mol. The zero-order chi connectivity index (χ0) is 8.72. The Hall–Kier alpha value is -1.09. The van der Waals surface area contributed by atoms with Crippen LogP contribution in [-0.4, -0.2) is 23.9 Å². The van der Waals surface area contributed by atoms with Gasteiger partial charge in [-0.2, -0.15) is 5.10 Å². The molecule has 0 spiro atoms. The third-order valence-corrected chi connectivity index (χ3v) is 2.30. The van der Waals surface area contributed by atoms with Crippen LogP contribution in [0.5, 0.6) is 0 Å². The predicted molar refractivity (Wildman–Crippen MR) is 49.6 cm³/mol. The Labute approximate surface area is 72.4 Å². The van der Waals surface area contributed by atoms with E-state index in [0.717, 1.165) is 5.71 Å². The summed E-state index contributed by atoms with van der Waals surface area (Å²) in [4.78, 5) is 0. The Balaban J connectivity index is 2.40. The molecule has 1 aliphatic carbocycles. The van der Waals surface area contributed by atoms with E-state index in [9.17, 15) is 0 Å². The second-order valence-corrected chi connectivity index (χ2v) is 3.33. The zero-order valence-electron chi connectivity index (χ0n) is 7.63. The summed E-state index contributed by atoms with van der Waals surface area (Å²) < 4.78 is 0. The van der Waals surface area contributed by atoms with Gasteiger partial charge in [-0.15, -0.1) is 0 Å². The molecule has 3 heteroatoms. The fourth-order valence-electron chi connectivity index (χ4n) is 1.56. The van der Waals surface area contributed by atoms with Crippen molar-refractivity contribution in [3.8, 4) is 0 Å². The minimum Gasteiger partial charge on any atom is -0.232 e. The van der Waals surface area contributed by atoms with Crippen LogP contribution in [0.2, 0.25) is 0 Å². The Morgan fingerprint density at radius 2 is 2.17 bits per heavy atom. The summed E-state index contributed by atoms with van der Waals surface area (Å²) in [5.41, 5.74) is 6.98. The van der Waals surface area contributed by atoms with Gasteiger partial charge in [0.2, 0.25) is 0 Å². The minimum absolute atomic E-state index is 0.306. The van der Waals surface area contributed by atoms with Crippen LogP contribution in [0, 0.1) is 0 Å². The second kappa shape index (κ2) is 2.45. The lowest BCUT2D eigenvalue weighted by Crippen LogP contribution is -2.38. The highest BCUT2D eigenvalue weighted by Crippen LogP contribution is 2.20. The van der Waals surface area contributed by atoms with Gasteiger partial charge < -0.3 is 0 Å². The van der Waals surface area contributed by atoms with E-state index in [0.29, 0.717) is 6.04 Å². The lowest BCUT2D eigenvalue weighted by Gasteiger charge is -2.18. The molecule has 3 nitrogen and oxygen atoms in total. The number of hydrogen-bond donors (Lipinski definition) is 1. The van der Waals surface area contributed by atoms with Crippen molar-refractivity contribution in [3.05, 3.63) is 23.3 Å². The predicted octanol–water partition coefficient (Wildman–Crippen LogP) is 1.07. The lowest BCUT2D eigenvalue weighted by atomic mass is 9.94. The van der Waals surface area contributed by atoms with E-state index < -0.39 is 0 Å². The van der Waals surface area contributed by atoms with Crippen molar-refractivity contribution in [2.24, 2.45) is 5.10 Å². The van der Waals surface area contributed by atoms with E-state index in [1.54, 1.807) is 5.12 Å². The molecule has 0 bridgehead atoms. The molecule has 0 aromatic rings. The van der Waals surface area contributed by atoms with Crippen LogP contribution in [0.15, 0.2) is 28.4 Å². The third-order valence-electron chi connectivity index (χ3n) is 2.30. The van der Waals surface area contributed by atoms with Gasteiger partial charge >= 0.3 is 0 Å². The van der Waals surface area contributed by atoms with Crippen molar-refractivity contribution in [2.45, 2.75) is 19.9 Å². The van der Waals surface area contributed by atoms with Gasteiger partial charge in [0.05, 0.1) is 11.8 Å². The number of rotatable bonds is 0. The molecule has 0 saturated heterocycles. The Morgan fingerprint density at radius 1 is 1.42 bits per heavy atom. The third kappa shape index (κ3) is 0.975. The highest BCUT2D eigenvalue weighted by molar-refractivity contribution is 6.07. The van der Waals surface area contributed by atoms with E-state index in [4.69, 9.17) is 0 Å². The quantitative estimate of drug-likeness (QED) is 0.578. The summed E-state index contributed by atoms with van der Waals surface area (Å²) in [6.45, 7) is 4.21. The zero-order valence-corrected chi connectivity index (χ0v) is 7.63. The summed E-state index contributed by atoms with van der Waals surface area (Å²) in [6, 6.07) is 0.306. The molecule has 0 aromatic heterocycles. The standard InChI is InChI=1S/C9H13N3/c1-6-4-5-7(2)9-8(6)10-12(3)11-9/h4-5,8,10H,1-3H3. The van der Waals surface area contributed by atoms with Crippen LogP contribution < -0.4 is 5.43 Å². The second-order valence-electron chi connectivity index (χ2n) is 3.33. The number of fused-ring (bicyclic) bond motifs is 1. The summed E-state index contributed by atoms with van der Waals surface area (Å²) in [6.07, 6.45) is 4.26. The van der Waals surface area contributed by atoms with E-state index in [1.165, 1.54) is 11.1 Å². The van der Waals surface area contributed by atoms with Gasteiger partial charge in [0, 0.05) is 7.05 Å². The maximum atomic E-state index is 4.37. The SMILES string of the molecule is CC1=CC=C(C)C2NN(C)N=C12. The van der Waals surface area contributed by atoms with Gasteiger partial charge in [0.1, 0.15) is 0 Å². The normalized spacial score (nSPS) is 27.8. The van der Waals surface area contributed by atoms with Crippen LogP contribution in [0.4, 0.5) is 0 Å². The molecule has 1 heterocycles. The lowest BCUT2D eigenvalue weighted by molar-refractivity contribution is 0.271. The van der Waals surface area contributed by atoms with Crippen molar-refractivity contribution in [3.63, 3.8) is 0 Å². The van der Waals surface area contributed by atoms with Crippen molar-refractivity contribution in [2.75, 3.05) is 7.05 Å². The van der Waals surface area contributed by atoms with E-state index >= 15 is 0 Å². The first kappa shape index (κ1) is 7.55. The highest BCUT2D eigenvalue weighted by atomic mass is 15.7. The van der Waals surface area contributed by atoms with Gasteiger partial charge in [-0.05, 0) is 25.0 Å². The Bertz CT molecular complexity index is 299. The molecule has 0 aromatic carbocycles. The van der Waals surface area contributed by atoms with E-state index in [-0.39, 0.29) is 0 Å².